The van der Waals surface area contributed by atoms with Crippen LogP contribution in [0.1, 0.15) is 36.7 Å². The van der Waals surface area contributed by atoms with E-state index < -0.39 is 11.6 Å². The number of hydrogen-bond acceptors (Lipinski definition) is 5. The molecule has 7 nitrogen and oxygen atoms in total. The first kappa shape index (κ1) is 23.3. The molecule has 0 amide bonds. The molecular formula is C28H26F2N6O. The smallest absolute Gasteiger partial charge is 0.201 e. The Kier molecular flexibility index (Phi) is 6.13. The van der Waals surface area contributed by atoms with E-state index in [4.69, 9.17) is 9.72 Å². The molecule has 1 saturated heterocycles. The van der Waals surface area contributed by atoms with Crippen LogP contribution in [0.3, 0.4) is 0 Å². The average Bonchev–Trinajstić information content (AvgIpc) is 3.54. The number of hydrogen-bond donors (Lipinski definition) is 2. The lowest BCUT2D eigenvalue weighted by Gasteiger charge is -2.23. The molecule has 1 aliphatic rings. The van der Waals surface area contributed by atoms with Gasteiger partial charge >= 0.3 is 0 Å². The Morgan fingerprint density at radius 1 is 1.08 bits per heavy atom. The van der Waals surface area contributed by atoms with Gasteiger partial charge in [-0.3, -0.25) is 4.98 Å². The van der Waals surface area contributed by atoms with Gasteiger partial charge < -0.3 is 15.0 Å². The molecule has 5 aromatic rings. The number of H-pyrrole nitrogens is 1. The van der Waals surface area contributed by atoms with Gasteiger partial charge in [-0.25, -0.2) is 18.4 Å². The second-order valence-electron chi connectivity index (χ2n) is 9.22. The van der Waals surface area contributed by atoms with Crippen LogP contribution in [0, 0.1) is 18.6 Å². The van der Waals surface area contributed by atoms with E-state index in [1.54, 1.807) is 6.07 Å². The molecule has 1 fully saturated rings. The molecule has 4 heterocycles. The Hall–Kier alpha value is -4.11. The Morgan fingerprint density at radius 3 is 2.81 bits per heavy atom. The lowest BCUT2D eigenvalue weighted by atomic mass is 10.1. The summed E-state index contributed by atoms with van der Waals surface area (Å²) in [5.74, 6) is -1.31. The quantitative estimate of drug-likeness (QED) is 0.283. The number of aromatic amines is 1. The minimum atomic E-state index is -0.878. The second kappa shape index (κ2) is 9.74. The normalized spacial score (nSPS) is 15.8. The maximum atomic E-state index is 14.2. The van der Waals surface area contributed by atoms with Crippen molar-refractivity contribution in [3.63, 3.8) is 0 Å². The third-order valence-electron chi connectivity index (χ3n) is 6.62. The van der Waals surface area contributed by atoms with E-state index in [-0.39, 0.29) is 18.3 Å². The summed E-state index contributed by atoms with van der Waals surface area (Å²) in [6.45, 7) is 2.75. The van der Waals surface area contributed by atoms with Gasteiger partial charge in [0.15, 0.2) is 17.9 Å². The topological polar surface area (TPSA) is 80.7 Å². The highest BCUT2D eigenvalue weighted by Crippen LogP contribution is 2.34. The van der Waals surface area contributed by atoms with E-state index in [1.807, 2.05) is 54.2 Å². The highest BCUT2D eigenvalue weighted by Gasteiger charge is 2.20. The number of aryl methyl sites for hydroxylation is 1. The lowest BCUT2D eigenvalue weighted by molar-refractivity contribution is -0.0366. The summed E-state index contributed by atoms with van der Waals surface area (Å²) < 4.78 is 35.7. The number of aromatic nitrogens is 5. The summed E-state index contributed by atoms with van der Waals surface area (Å²) in [5, 5.41) is 8.68. The van der Waals surface area contributed by atoms with Crippen LogP contribution in [0.2, 0.25) is 0 Å². The molecule has 37 heavy (non-hydrogen) atoms. The minimum Gasteiger partial charge on any atom is -0.356 e. The largest absolute Gasteiger partial charge is 0.356 e. The number of benzene rings is 2. The van der Waals surface area contributed by atoms with E-state index in [0.717, 1.165) is 65.5 Å². The fourth-order valence-corrected chi connectivity index (χ4v) is 4.74. The predicted molar refractivity (Wildman–Crippen MR) is 138 cm³/mol. The van der Waals surface area contributed by atoms with Crippen molar-refractivity contribution in [2.24, 2.45) is 0 Å². The van der Waals surface area contributed by atoms with Crippen LogP contribution in [0.4, 0.5) is 14.7 Å². The van der Waals surface area contributed by atoms with Crippen molar-refractivity contribution >= 4 is 16.9 Å². The van der Waals surface area contributed by atoms with E-state index in [1.165, 1.54) is 6.07 Å². The van der Waals surface area contributed by atoms with Crippen molar-refractivity contribution < 1.29 is 13.5 Å². The summed E-state index contributed by atoms with van der Waals surface area (Å²) in [6, 6.07) is 16.0. The molecule has 1 unspecified atom stereocenters. The molecule has 6 rings (SSSR count). The molecule has 1 atom stereocenters. The molecule has 2 aromatic carbocycles. The van der Waals surface area contributed by atoms with Crippen molar-refractivity contribution in [1.29, 1.82) is 0 Å². The number of halogens is 2. The number of nitrogens with one attached hydrogen (secondary N) is 2. The third-order valence-corrected chi connectivity index (χ3v) is 6.62. The molecule has 0 aliphatic carbocycles. The van der Waals surface area contributed by atoms with E-state index in [9.17, 15) is 8.78 Å². The van der Waals surface area contributed by atoms with Crippen LogP contribution < -0.4 is 5.32 Å². The highest BCUT2D eigenvalue weighted by molar-refractivity contribution is 5.87. The highest BCUT2D eigenvalue weighted by atomic mass is 19.2. The maximum absolute atomic E-state index is 14.2. The van der Waals surface area contributed by atoms with Gasteiger partial charge in [-0.15, -0.1) is 0 Å². The number of pyridine rings is 1. The number of fused-ring (bicyclic) bond motifs is 1. The van der Waals surface area contributed by atoms with Crippen LogP contribution in [0.15, 0.2) is 60.8 Å². The van der Waals surface area contributed by atoms with E-state index in [0.29, 0.717) is 11.6 Å². The molecule has 188 valence electrons. The molecule has 0 spiro atoms. The fraction of sp³-hybridized carbons (Fsp3) is 0.250. The first-order chi connectivity index (χ1) is 18.1. The van der Waals surface area contributed by atoms with Gasteiger partial charge in [0.2, 0.25) is 5.95 Å². The van der Waals surface area contributed by atoms with E-state index in [2.05, 4.69) is 20.4 Å². The van der Waals surface area contributed by atoms with Crippen LogP contribution >= 0.6 is 0 Å². The fourth-order valence-electron chi connectivity index (χ4n) is 4.74. The SMILES string of the molecule is Cc1cccc(-c2[nH]c(NCc3cccc(F)c3F)nc2-c2ccc3c(cnn3C3CCCCO3)c2)n1. The Morgan fingerprint density at radius 2 is 1.97 bits per heavy atom. The van der Waals surface area contributed by atoms with Crippen LogP contribution in [-0.4, -0.2) is 31.3 Å². The zero-order chi connectivity index (χ0) is 25.4. The summed E-state index contributed by atoms with van der Waals surface area (Å²) in [6.07, 6.45) is 4.95. The molecule has 0 saturated carbocycles. The standard InChI is InChI=1S/C28H26F2N6O/c1-17-6-4-9-22(33-17)27-26(34-28(35-27)31-15-19-7-5-8-21(29)25(19)30)18-11-12-23-20(14-18)16-32-36(23)24-10-2-3-13-37-24/h4-9,11-12,14,16,24H,2-3,10,13,15H2,1H3,(H2,31,34,35). The second-order valence-corrected chi connectivity index (χ2v) is 9.22. The van der Waals surface area contributed by atoms with Gasteiger partial charge in [-0.1, -0.05) is 24.3 Å². The molecule has 9 heteroatoms. The molecular weight excluding hydrogens is 474 g/mol. The number of anilines is 1. The summed E-state index contributed by atoms with van der Waals surface area (Å²) in [5.41, 5.74) is 5.14. The van der Waals surface area contributed by atoms with Gasteiger partial charge in [0.25, 0.3) is 0 Å². The average molecular weight is 501 g/mol. The molecule has 0 bridgehead atoms. The van der Waals surface area contributed by atoms with Crippen molar-refractivity contribution in [1.82, 2.24) is 24.7 Å². The predicted octanol–water partition coefficient (Wildman–Crippen LogP) is 6.39. The molecule has 0 radical (unpaired) electrons. The van der Waals surface area contributed by atoms with Crippen molar-refractivity contribution in [2.45, 2.75) is 39.0 Å². The van der Waals surface area contributed by atoms with Crippen molar-refractivity contribution in [3.8, 4) is 22.6 Å². The monoisotopic (exact) mass is 500 g/mol. The summed E-state index contributed by atoms with van der Waals surface area (Å²) in [4.78, 5) is 12.7. The third kappa shape index (κ3) is 4.58. The summed E-state index contributed by atoms with van der Waals surface area (Å²) in [7, 11) is 0. The van der Waals surface area contributed by atoms with Crippen molar-refractivity contribution in [2.75, 3.05) is 11.9 Å². The number of imidazole rings is 1. The Labute approximate surface area is 212 Å². The molecule has 1 aliphatic heterocycles. The zero-order valence-electron chi connectivity index (χ0n) is 20.3. The molecule has 2 N–H and O–H groups in total. The molecule has 3 aromatic heterocycles. The Bertz CT molecular complexity index is 1570. The zero-order valence-corrected chi connectivity index (χ0v) is 20.3. The van der Waals surface area contributed by atoms with Crippen LogP contribution in [0.25, 0.3) is 33.5 Å². The van der Waals surface area contributed by atoms with Gasteiger partial charge in [0, 0.05) is 35.4 Å². The number of rotatable bonds is 6. The van der Waals surface area contributed by atoms with Gasteiger partial charge in [0.05, 0.1) is 28.8 Å². The van der Waals surface area contributed by atoms with Gasteiger partial charge in [-0.2, -0.15) is 5.10 Å². The minimum absolute atomic E-state index is 0.0476. The first-order valence-corrected chi connectivity index (χ1v) is 12.4. The maximum Gasteiger partial charge on any atom is 0.201 e. The van der Waals surface area contributed by atoms with Crippen molar-refractivity contribution in [3.05, 3.63) is 83.7 Å². The lowest BCUT2D eigenvalue weighted by Crippen LogP contribution is -2.18. The Balaban J connectivity index is 1.37. The van der Waals surface area contributed by atoms with Crippen LogP contribution in [-0.2, 0) is 11.3 Å². The van der Waals surface area contributed by atoms with E-state index >= 15 is 0 Å². The van der Waals surface area contributed by atoms with Gasteiger partial charge in [0.1, 0.15) is 0 Å². The summed E-state index contributed by atoms with van der Waals surface area (Å²) >= 11 is 0. The number of nitrogens with zero attached hydrogens (tertiary/aromatic N) is 4. The number of ether oxygens (including phenoxy) is 1. The first-order valence-electron chi connectivity index (χ1n) is 12.4. The van der Waals surface area contributed by atoms with Crippen LogP contribution in [0.5, 0.6) is 0 Å². The van der Waals surface area contributed by atoms with Gasteiger partial charge in [-0.05, 0) is 56.5 Å².